The summed E-state index contributed by atoms with van der Waals surface area (Å²) in [4.78, 5) is 12.0. The van der Waals surface area contributed by atoms with Crippen molar-refractivity contribution in [2.75, 3.05) is 13.2 Å². The fourth-order valence-electron chi connectivity index (χ4n) is 1.64. The maximum Gasteiger partial charge on any atom is 0.327 e. The Bertz CT molecular complexity index is 437. The highest BCUT2D eigenvalue weighted by Crippen LogP contribution is 2.23. The van der Waals surface area contributed by atoms with Crippen LogP contribution in [-0.4, -0.2) is 19.1 Å². The van der Waals surface area contributed by atoms with Crippen LogP contribution in [0.1, 0.15) is 32.4 Å². The van der Waals surface area contributed by atoms with Gasteiger partial charge in [0.05, 0.1) is 6.61 Å². The molecule has 0 spiro atoms. The van der Waals surface area contributed by atoms with Crippen molar-refractivity contribution in [3.8, 4) is 0 Å². The number of rotatable bonds is 6. The first-order valence-electron chi connectivity index (χ1n) is 6.30. The fraction of sp³-hybridized carbons (Fsp3) is 0.500. The highest BCUT2D eigenvalue weighted by Gasteiger charge is 2.24. The van der Waals surface area contributed by atoms with E-state index in [4.69, 9.17) is 4.74 Å². The number of carbonyl (C=O) groups excluding carboxylic acids is 1. The third-order valence-electron chi connectivity index (χ3n) is 2.52. The summed E-state index contributed by atoms with van der Waals surface area (Å²) in [6, 6.07) is 3.76. The molecule has 0 aromatic heterocycles. The molecule has 1 unspecified atom stereocenters. The van der Waals surface area contributed by atoms with Crippen LogP contribution in [0.25, 0.3) is 0 Å². The Morgan fingerprint density at radius 3 is 2.74 bits per heavy atom. The normalized spacial score (nSPS) is 12.5. The van der Waals surface area contributed by atoms with Gasteiger partial charge in [-0.2, -0.15) is 0 Å². The Morgan fingerprint density at radius 1 is 1.47 bits per heavy atom. The lowest BCUT2D eigenvalue weighted by molar-refractivity contribution is -0.146. The van der Waals surface area contributed by atoms with Gasteiger partial charge >= 0.3 is 5.97 Å². The molecule has 0 heterocycles. The minimum Gasteiger partial charge on any atom is -0.465 e. The van der Waals surface area contributed by atoms with Crippen LogP contribution < -0.4 is 5.32 Å². The lowest BCUT2D eigenvalue weighted by Crippen LogP contribution is -2.33. The van der Waals surface area contributed by atoms with E-state index in [9.17, 15) is 9.18 Å². The molecule has 1 N–H and O–H groups in total. The van der Waals surface area contributed by atoms with Gasteiger partial charge in [-0.3, -0.25) is 0 Å². The average molecular weight is 332 g/mol. The second kappa shape index (κ2) is 7.60. The largest absolute Gasteiger partial charge is 0.465 e. The summed E-state index contributed by atoms with van der Waals surface area (Å²) in [6.45, 7) is 6.65. The summed E-state index contributed by atoms with van der Waals surface area (Å²) in [5, 5.41) is 3.05. The molecular weight excluding hydrogens is 313 g/mol. The average Bonchev–Trinajstić information content (AvgIpc) is 2.33. The molecule has 0 saturated heterocycles. The number of hydrogen-bond acceptors (Lipinski definition) is 3. The molecule has 0 aliphatic carbocycles. The lowest BCUT2D eigenvalue weighted by atomic mass is 10.1. The molecule has 1 atom stereocenters. The van der Waals surface area contributed by atoms with Gasteiger partial charge in [-0.15, -0.1) is 0 Å². The predicted molar refractivity (Wildman–Crippen MR) is 76.3 cm³/mol. The zero-order valence-electron chi connectivity index (χ0n) is 11.4. The molecule has 19 heavy (non-hydrogen) atoms. The highest BCUT2D eigenvalue weighted by atomic mass is 79.9. The van der Waals surface area contributed by atoms with E-state index < -0.39 is 17.8 Å². The Hall–Kier alpha value is -0.940. The first kappa shape index (κ1) is 16.1. The van der Waals surface area contributed by atoms with Crippen LogP contribution in [0.3, 0.4) is 0 Å². The van der Waals surface area contributed by atoms with E-state index in [-0.39, 0.29) is 6.61 Å². The van der Waals surface area contributed by atoms with Crippen molar-refractivity contribution in [2.45, 2.75) is 26.8 Å². The number of nitrogens with one attached hydrogen (secondary N) is 1. The molecule has 106 valence electrons. The second-order valence-corrected chi connectivity index (χ2v) is 5.57. The number of benzene rings is 1. The summed E-state index contributed by atoms with van der Waals surface area (Å²) in [5.74, 6) is -0.523. The van der Waals surface area contributed by atoms with Crippen molar-refractivity contribution in [3.63, 3.8) is 0 Å². The van der Waals surface area contributed by atoms with Crippen molar-refractivity contribution in [1.82, 2.24) is 5.32 Å². The molecule has 5 heteroatoms. The van der Waals surface area contributed by atoms with Crippen LogP contribution >= 0.6 is 15.9 Å². The van der Waals surface area contributed by atoms with E-state index in [1.54, 1.807) is 19.1 Å². The van der Waals surface area contributed by atoms with Crippen molar-refractivity contribution >= 4 is 21.9 Å². The smallest absolute Gasteiger partial charge is 0.327 e. The maximum atomic E-state index is 13.9. The van der Waals surface area contributed by atoms with Crippen LogP contribution in [0.15, 0.2) is 22.7 Å². The molecule has 0 saturated carbocycles. The van der Waals surface area contributed by atoms with Gasteiger partial charge in [0.2, 0.25) is 0 Å². The zero-order chi connectivity index (χ0) is 14.4. The van der Waals surface area contributed by atoms with E-state index in [1.165, 1.54) is 6.07 Å². The van der Waals surface area contributed by atoms with Crippen LogP contribution in [0.4, 0.5) is 4.39 Å². The quantitative estimate of drug-likeness (QED) is 0.811. The van der Waals surface area contributed by atoms with E-state index in [0.29, 0.717) is 18.0 Å². The van der Waals surface area contributed by atoms with Gasteiger partial charge in [-0.1, -0.05) is 29.8 Å². The molecular formula is C14H19BrFNO2. The van der Waals surface area contributed by atoms with Gasteiger partial charge in [-0.05, 0) is 37.6 Å². The summed E-state index contributed by atoms with van der Waals surface area (Å²) in [5.41, 5.74) is 0.300. The van der Waals surface area contributed by atoms with Crippen LogP contribution in [0, 0.1) is 11.7 Å². The Morgan fingerprint density at radius 2 is 2.16 bits per heavy atom. The molecule has 3 nitrogen and oxygen atoms in total. The predicted octanol–water partition coefficient (Wildman–Crippen LogP) is 3.44. The summed E-state index contributed by atoms with van der Waals surface area (Å²) < 4.78 is 19.6. The molecule has 0 bridgehead atoms. The third kappa shape index (κ3) is 4.91. The molecule has 0 amide bonds. The van der Waals surface area contributed by atoms with Crippen molar-refractivity contribution < 1.29 is 13.9 Å². The summed E-state index contributed by atoms with van der Waals surface area (Å²) in [6.07, 6.45) is 0. The first-order chi connectivity index (χ1) is 8.95. The van der Waals surface area contributed by atoms with Gasteiger partial charge in [-0.25, -0.2) is 9.18 Å². The van der Waals surface area contributed by atoms with E-state index in [1.807, 2.05) is 13.8 Å². The molecule has 1 aromatic carbocycles. The second-order valence-electron chi connectivity index (χ2n) is 4.65. The van der Waals surface area contributed by atoms with E-state index in [0.717, 1.165) is 4.47 Å². The standard InChI is InChI=1S/C14H19BrFNO2/c1-4-19-14(18)13(17-8-9(2)3)11-7-10(15)5-6-12(11)16/h5-7,9,13,17H,4,8H2,1-3H3. The molecule has 0 aliphatic heterocycles. The topological polar surface area (TPSA) is 38.3 Å². The minimum absolute atomic E-state index is 0.272. The Labute approximate surface area is 121 Å². The van der Waals surface area contributed by atoms with Gasteiger partial charge in [0, 0.05) is 10.0 Å². The third-order valence-corrected chi connectivity index (χ3v) is 3.01. The number of hydrogen-bond donors (Lipinski definition) is 1. The monoisotopic (exact) mass is 331 g/mol. The van der Waals surface area contributed by atoms with Crippen molar-refractivity contribution in [2.24, 2.45) is 5.92 Å². The molecule has 0 radical (unpaired) electrons. The molecule has 0 aliphatic rings. The molecule has 1 rings (SSSR count). The lowest BCUT2D eigenvalue weighted by Gasteiger charge is -2.19. The Balaban J connectivity index is 3.00. The minimum atomic E-state index is -0.778. The number of esters is 1. The zero-order valence-corrected chi connectivity index (χ0v) is 13.0. The van der Waals surface area contributed by atoms with Gasteiger partial charge in [0.15, 0.2) is 0 Å². The van der Waals surface area contributed by atoms with Crippen molar-refractivity contribution in [1.29, 1.82) is 0 Å². The van der Waals surface area contributed by atoms with Crippen LogP contribution in [0.2, 0.25) is 0 Å². The maximum absolute atomic E-state index is 13.9. The Kier molecular flexibility index (Phi) is 6.45. The van der Waals surface area contributed by atoms with Gasteiger partial charge < -0.3 is 10.1 Å². The van der Waals surface area contributed by atoms with E-state index >= 15 is 0 Å². The SMILES string of the molecule is CCOC(=O)C(NCC(C)C)c1cc(Br)ccc1F. The summed E-state index contributed by atoms with van der Waals surface area (Å²) >= 11 is 3.29. The highest BCUT2D eigenvalue weighted by molar-refractivity contribution is 9.10. The summed E-state index contributed by atoms with van der Waals surface area (Å²) in [7, 11) is 0. The van der Waals surface area contributed by atoms with Crippen LogP contribution in [0.5, 0.6) is 0 Å². The number of carbonyl (C=O) groups is 1. The number of ether oxygens (including phenoxy) is 1. The number of halogens is 2. The van der Waals surface area contributed by atoms with Crippen molar-refractivity contribution in [3.05, 3.63) is 34.1 Å². The van der Waals surface area contributed by atoms with Crippen LogP contribution in [-0.2, 0) is 9.53 Å². The van der Waals surface area contributed by atoms with E-state index in [2.05, 4.69) is 21.2 Å². The molecule has 0 fully saturated rings. The fourth-order valence-corrected chi connectivity index (χ4v) is 2.01. The molecule has 1 aromatic rings. The van der Waals surface area contributed by atoms with Gasteiger partial charge in [0.1, 0.15) is 11.9 Å². The first-order valence-corrected chi connectivity index (χ1v) is 7.10. The van der Waals surface area contributed by atoms with Gasteiger partial charge in [0.25, 0.3) is 0 Å².